The Kier molecular flexibility index (Phi) is 3.26. The number of carbonyl (C=O) groups excluding carboxylic acids is 2. The molecular weight excluding hydrogens is 292 g/mol. The lowest BCUT2D eigenvalue weighted by molar-refractivity contribution is -0.133. The van der Waals surface area contributed by atoms with Gasteiger partial charge in [0.15, 0.2) is 11.4 Å². The van der Waals surface area contributed by atoms with Crippen molar-refractivity contribution >= 4 is 17.4 Å². The van der Waals surface area contributed by atoms with Crippen LogP contribution in [0.2, 0.25) is 0 Å². The minimum atomic E-state index is -2.21. The normalized spacial score (nSPS) is 19.7. The van der Waals surface area contributed by atoms with Crippen molar-refractivity contribution in [1.29, 1.82) is 0 Å². The number of hydrogen-bond donors (Lipinski definition) is 2. The summed E-state index contributed by atoms with van der Waals surface area (Å²) in [5.74, 6) is -2.97. The largest absolute Gasteiger partial charge is 0.375 e. The van der Waals surface area contributed by atoms with Gasteiger partial charge in [-0.15, -0.1) is 0 Å². The first-order chi connectivity index (χ1) is 10.4. The summed E-state index contributed by atoms with van der Waals surface area (Å²) in [6, 6.07) is 8.69. The molecule has 0 spiro atoms. The highest BCUT2D eigenvalue weighted by Gasteiger charge is 2.47. The van der Waals surface area contributed by atoms with Gasteiger partial charge in [-0.2, -0.15) is 0 Å². The summed E-state index contributed by atoms with van der Waals surface area (Å²) in [5.41, 5.74) is -2.23. The van der Waals surface area contributed by atoms with E-state index < -0.39 is 35.3 Å². The van der Waals surface area contributed by atoms with E-state index in [1.165, 1.54) is 24.3 Å². The van der Waals surface area contributed by atoms with Gasteiger partial charge in [0.25, 0.3) is 5.91 Å². The molecule has 0 aliphatic carbocycles. The Morgan fingerprint density at radius 2 is 1.91 bits per heavy atom. The van der Waals surface area contributed by atoms with Gasteiger partial charge in [-0.25, -0.2) is 8.78 Å². The Bertz CT molecular complexity index is 791. The van der Waals surface area contributed by atoms with E-state index in [0.29, 0.717) is 0 Å². The maximum atomic E-state index is 13.6. The van der Waals surface area contributed by atoms with Crippen LogP contribution in [0, 0.1) is 11.6 Å². The summed E-state index contributed by atoms with van der Waals surface area (Å²) in [7, 11) is 0. The van der Waals surface area contributed by atoms with Crippen LogP contribution in [-0.4, -0.2) is 16.8 Å². The fourth-order valence-electron chi connectivity index (χ4n) is 2.51. The van der Waals surface area contributed by atoms with Crippen LogP contribution in [0.3, 0.4) is 0 Å². The average molecular weight is 303 g/mol. The number of anilines is 1. The van der Waals surface area contributed by atoms with Crippen LogP contribution < -0.4 is 5.32 Å². The van der Waals surface area contributed by atoms with Crippen molar-refractivity contribution in [1.82, 2.24) is 0 Å². The van der Waals surface area contributed by atoms with Crippen LogP contribution in [0.15, 0.2) is 42.5 Å². The monoisotopic (exact) mass is 303 g/mol. The van der Waals surface area contributed by atoms with Crippen LogP contribution in [0.5, 0.6) is 0 Å². The second-order valence-corrected chi connectivity index (χ2v) is 5.08. The van der Waals surface area contributed by atoms with Crippen molar-refractivity contribution in [2.45, 2.75) is 12.0 Å². The maximum absolute atomic E-state index is 13.6. The zero-order valence-electron chi connectivity index (χ0n) is 11.3. The smallest absolute Gasteiger partial charge is 0.261 e. The summed E-state index contributed by atoms with van der Waals surface area (Å²) in [5, 5.41) is 12.9. The first kappa shape index (κ1) is 14.3. The third-order valence-corrected chi connectivity index (χ3v) is 3.64. The van der Waals surface area contributed by atoms with E-state index in [1.54, 1.807) is 0 Å². The van der Waals surface area contributed by atoms with E-state index >= 15 is 0 Å². The Balaban J connectivity index is 1.98. The van der Waals surface area contributed by atoms with Gasteiger partial charge >= 0.3 is 0 Å². The Morgan fingerprint density at radius 1 is 1.18 bits per heavy atom. The topological polar surface area (TPSA) is 66.4 Å². The number of carbonyl (C=O) groups is 2. The van der Waals surface area contributed by atoms with Gasteiger partial charge in [0.1, 0.15) is 11.6 Å². The molecule has 6 heteroatoms. The van der Waals surface area contributed by atoms with Gasteiger partial charge in [0.05, 0.1) is 12.0 Å². The van der Waals surface area contributed by atoms with E-state index in [-0.39, 0.29) is 16.8 Å². The molecule has 1 aliphatic rings. The number of nitrogens with one attached hydrogen (secondary N) is 1. The van der Waals surface area contributed by atoms with E-state index in [0.717, 1.165) is 18.2 Å². The Morgan fingerprint density at radius 3 is 2.64 bits per heavy atom. The van der Waals surface area contributed by atoms with E-state index in [2.05, 4.69) is 5.32 Å². The summed E-state index contributed by atoms with van der Waals surface area (Å²) in [4.78, 5) is 24.2. The highest BCUT2D eigenvalue weighted by atomic mass is 19.1. The molecule has 22 heavy (non-hydrogen) atoms. The molecule has 1 aliphatic heterocycles. The molecule has 2 aromatic carbocycles. The van der Waals surface area contributed by atoms with Crippen molar-refractivity contribution < 1.29 is 23.5 Å². The molecule has 0 radical (unpaired) electrons. The summed E-state index contributed by atoms with van der Waals surface area (Å²) in [6.45, 7) is 0. The summed E-state index contributed by atoms with van der Waals surface area (Å²) >= 11 is 0. The molecule has 0 saturated heterocycles. The number of aliphatic hydroxyl groups is 1. The fourth-order valence-corrected chi connectivity index (χ4v) is 2.51. The Hall–Kier alpha value is -2.60. The molecule has 1 atom stereocenters. The van der Waals surface area contributed by atoms with Crippen molar-refractivity contribution in [2.75, 3.05) is 5.32 Å². The SMILES string of the molecule is O=C(CC1(O)C(=O)Nc2ccc(F)cc21)c1ccccc1F. The number of fused-ring (bicyclic) bond motifs is 1. The highest BCUT2D eigenvalue weighted by Crippen LogP contribution is 2.39. The number of halogens is 2. The number of benzene rings is 2. The molecule has 1 amide bonds. The fraction of sp³-hybridized carbons (Fsp3) is 0.125. The predicted octanol–water partition coefficient (Wildman–Crippen LogP) is 2.38. The first-order valence-corrected chi connectivity index (χ1v) is 6.53. The standard InChI is InChI=1S/C16H11F2NO3/c17-9-5-6-13-11(7-9)16(22,15(21)19-13)8-14(20)10-3-1-2-4-12(10)18/h1-7,22H,8H2,(H,19,21). The number of amides is 1. The highest BCUT2D eigenvalue weighted by molar-refractivity contribution is 6.09. The summed E-state index contributed by atoms with van der Waals surface area (Å²) < 4.78 is 27.0. The second-order valence-electron chi connectivity index (χ2n) is 5.08. The van der Waals surface area contributed by atoms with Gasteiger partial charge in [-0.3, -0.25) is 9.59 Å². The van der Waals surface area contributed by atoms with Crippen molar-refractivity contribution in [3.63, 3.8) is 0 Å². The van der Waals surface area contributed by atoms with Crippen LogP contribution >= 0.6 is 0 Å². The lowest BCUT2D eigenvalue weighted by Crippen LogP contribution is -2.36. The third kappa shape index (κ3) is 2.17. The van der Waals surface area contributed by atoms with Crippen molar-refractivity contribution in [3.8, 4) is 0 Å². The zero-order chi connectivity index (χ0) is 15.9. The lowest BCUT2D eigenvalue weighted by atomic mass is 9.88. The lowest BCUT2D eigenvalue weighted by Gasteiger charge is -2.20. The summed E-state index contributed by atoms with van der Waals surface area (Å²) in [6.07, 6.45) is -0.670. The van der Waals surface area contributed by atoms with Crippen molar-refractivity contribution in [3.05, 3.63) is 65.2 Å². The third-order valence-electron chi connectivity index (χ3n) is 3.64. The zero-order valence-corrected chi connectivity index (χ0v) is 11.3. The van der Waals surface area contributed by atoms with Crippen LogP contribution in [0.25, 0.3) is 0 Å². The maximum Gasteiger partial charge on any atom is 0.261 e. The predicted molar refractivity (Wildman–Crippen MR) is 74.3 cm³/mol. The first-order valence-electron chi connectivity index (χ1n) is 6.53. The molecule has 0 fully saturated rings. The molecule has 0 bridgehead atoms. The Labute approximate surface area is 124 Å². The molecule has 0 saturated carbocycles. The van der Waals surface area contributed by atoms with Gasteiger partial charge < -0.3 is 10.4 Å². The van der Waals surface area contributed by atoms with E-state index in [9.17, 15) is 23.5 Å². The van der Waals surface area contributed by atoms with Crippen molar-refractivity contribution in [2.24, 2.45) is 0 Å². The molecule has 2 aromatic rings. The molecule has 2 N–H and O–H groups in total. The average Bonchev–Trinajstić information content (AvgIpc) is 2.71. The molecule has 1 unspecified atom stereocenters. The van der Waals surface area contributed by atoms with Gasteiger partial charge in [-0.05, 0) is 30.3 Å². The van der Waals surface area contributed by atoms with Crippen LogP contribution in [0.4, 0.5) is 14.5 Å². The minimum absolute atomic E-state index is 0.0258. The molecule has 3 rings (SSSR count). The van der Waals surface area contributed by atoms with Crippen LogP contribution in [0.1, 0.15) is 22.3 Å². The van der Waals surface area contributed by atoms with Gasteiger partial charge in [-0.1, -0.05) is 12.1 Å². The van der Waals surface area contributed by atoms with Gasteiger partial charge in [0, 0.05) is 11.3 Å². The quantitative estimate of drug-likeness (QED) is 0.856. The molecule has 0 aromatic heterocycles. The van der Waals surface area contributed by atoms with Crippen LogP contribution in [-0.2, 0) is 10.4 Å². The molecular formula is C16H11F2NO3. The van der Waals surface area contributed by atoms with Gasteiger partial charge in [0.2, 0.25) is 0 Å². The number of rotatable bonds is 3. The van der Waals surface area contributed by atoms with E-state index in [4.69, 9.17) is 0 Å². The molecule has 1 heterocycles. The number of Topliss-reactive ketones (excluding diaryl/α,β-unsaturated/α-hetero) is 1. The van der Waals surface area contributed by atoms with E-state index in [1.807, 2.05) is 0 Å². The molecule has 112 valence electrons. The minimum Gasteiger partial charge on any atom is -0.375 e. The number of ketones is 1. The molecule has 4 nitrogen and oxygen atoms in total. The number of hydrogen-bond acceptors (Lipinski definition) is 3. The second kappa shape index (κ2) is 4.99.